The van der Waals surface area contributed by atoms with Crippen molar-refractivity contribution in [1.82, 2.24) is 4.90 Å². The zero-order valence-corrected chi connectivity index (χ0v) is 14.2. The minimum atomic E-state index is -0.190. The Morgan fingerprint density at radius 3 is 2.68 bits per heavy atom. The maximum atomic E-state index is 12.7. The molecule has 128 valence electrons. The number of nitrogens with zero attached hydrogens (tertiary/aromatic N) is 1. The molecular weight excluding hydrogens is 314 g/mol. The number of methoxy groups -OCH3 is 1. The van der Waals surface area contributed by atoms with Gasteiger partial charge in [0, 0.05) is 30.1 Å². The van der Waals surface area contributed by atoms with E-state index in [1.165, 1.54) is 23.8 Å². The van der Waals surface area contributed by atoms with Gasteiger partial charge in [-0.05, 0) is 23.6 Å². The lowest BCUT2D eigenvalue weighted by atomic mass is 9.81. The molecule has 0 amide bonds. The summed E-state index contributed by atoms with van der Waals surface area (Å²) in [5.74, 6) is 0.761. The first-order chi connectivity index (χ1) is 12.3. The number of esters is 1. The van der Waals surface area contributed by atoms with Crippen LogP contribution in [-0.2, 0) is 16.0 Å². The molecule has 4 atom stereocenters. The van der Waals surface area contributed by atoms with Crippen molar-refractivity contribution in [2.45, 2.75) is 18.5 Å². The summed E-state index contributed by atoms with van der Waals surface area (Å²) in [7, 11) is 1.49. The molecule has 2 aromatic carbocycles. The number of fused-ring (bicyclic) bond motifs is 7. The average Bonchev–Trinajstić information content (AvgIpc) is 3.02. The summed E-state index contributed by atoms with van der Waals surface area (Å²) in [6.07, 6.45) is 1.02. The fraction of sp³-hybridized carbons (Fsp3) is 0.381. The highest BCUT2D eigenvalue weighted by Gasteiger charge is 2.56. The van der Waals surface area contributed by atoms with Crippen molar-refractivity contribution < 1.29 is 14.3 Å². The van der Waals surface area contributed by atoms with Gasteiger partial charge in [-0.1, -0.05) is 42.5 Å². The molecule has 0 saturated carbocycles. The summed E-state index contributed by atoms with van der Waals surface area (Å²) < 4.78 is 11.2. The van der Waals surface area contributed by atoms with Gasteiger partial charge in [0.1, 0.15) is 5.75 Å². The monoisotopic (exact) mass is 335 g/mol. The van der Waals surface area contributed by atoms with E-state index < -0.39 is 0 Å². The number of hydrogen-bond donors (Lipinski definition) is 0. The van der Waals surface area contributed by atoms with Crippen LogP contribution < -0.4 is 4.74 Å². The molecule has 1 fully saturated rings. The molecule has 0 spiro atoms. The van der Waals surface area contributed by atoms with Crippen LogP contribution in [0.1, 0.15) is 28.8 Å². The topological polar surface area (TPSA) is 38.8 Å². The fourth-order valence-corrected chi connectivity index (χ4v) is 5.09. The number of rotatable bonds is 1. The van der Waals surface area contributed by atoms with E-state index in [9.17, 15) is 4.79 Å². The molecule has 3 aliphatic rings. The summed E-state index contributed by atoms with van der Waals surface area (Å²) in [5.41, 5.74) is 3.83. The quantitative estimate of drug-likeness (QED) is 0.751. The zero-order chi connectivity index (χ0) is 17.0. The van der Waals surface area contributed by atoms with Gasteiger partial charge < -0.3 is 9.47 Å². The highest BCUT2D eigenvalue weighted by atomic mass is 16.5. The Morgan fingerprint density at radius 1 is 1.08 bits per heavy atom. The Hall–Kier alpha value is -2.33. The molecule has 0 bridgehead atoms. The first-order valence-electron chi connectivity index (χ1n) is 8.92. The van der Waals surface area contributed by atoms with Gasteiger partial charge >= 0.3 is 5.97 Å². The Labute approximate surface area is 147 Å². The molecule has 0 radical (unpaired) electrons. The lowest BCUT2D eigenvalue weighted by Crippen LogP contribution is -2.36. The van der Waals surface area contributed by atoms with Crippen molar-refractivity contribution >= 4 is 5.97 Å². The second-order valence-corrected chi connectivity index (χ2v) is 7.14. The minimum absolute atomic E-state index is 0.0714. The predicted molar refractivity (Wildman–Crippen MR) is 93.3 cm³/mol. The number of para-hydroxylation sites is 1. The van der Waals surface area contributed by atoms with E-state index in [-0.39, 0.29) is 29.9 Å². The van der Waals surface area contributed by atoms with E-state index >= 15 is 0 Å². The fourth-order valence-electron chi connectivity index (χ4n) is 5.09. The molecule has 0 unspecified atom stereocenters. The first kappa shape index (κ1) is 15.0. The third kappa shape index (κ3) is 2.07. The largest absolute Gasteiger partial charge is 0.493 e. The Balaban J connectivity index is 1.67. The van der Waals surface area contributed by atoms with Gasteiger partial charge in [-0.15, -0.1) is 0 Å². The summed E-state index contributed by atoms with van der Waals surface area (Å²) in [4.78, 5) is 15.3. The lowest BCUT2D eigenvalue weighted by Gasteiger charge is -2.38. The van der Waals surface area contributed by atoms with Crippen molar-refractivity contribution in [3.05, 3.63) is 65.2 Å². The van der Waals surface area contributed by atoms with E-state index in [0.29, 0.717) is 6.61 Å². The Bertz CT molecular complexity index is 833. The van der Waals surface area contributed by atoms with Gasteiger partial charge in [-0.2, -0.15) is 0 Å². The standard InChI is InChI=1S/C21H21NO3/c1-24-21(23)18-16-12-25-17-9-5-4-8-15(17)19(16)22-11-10-13-6-2-3-7-14(13)20(18)22/h2-9,16,18-20H,10-12H2,1H3/t16-,18-,19-,20-/m1/s1. The normalized spacial score (nSPS) is 29.6. The highest BCUT2D eigenvalue weighted by molar-refractivity contribution is 5.75. The van der Waals surface area contributed by atoms with Crippen LogP contribution in [0.25, 0.3) is 0 Å². The molecule has 0 aromatic heterocycles. The van der Waals surface area contributed by atoms with Crippen LogP contribution in [-0.4, -0.2) is 31.1 Å². The maximum Gasteiger partial charge on any atom is 0.311 e. The van der Waals surface area contributed by atoms with Crippen LogP contribution in [0.3, 0.4) is 0 Å². The molecule has 3 heterocycles. The van der Waals surface area contributed by atoms with E-state index in [2.05, 4.69) is 41.3 Å². The van der Waals surface area contributed by atoms with Crippen molar-refractivity contribution in [3.8, 4) is 5.75 Å². The summed E-state index contributed by atoms with van der Waals surface area (Å²) in [6, 6.07) is 17.0. The molecule has 0 N–H and O–H groups in total. The summed E-state index contributed by atoms with van der Waals surface area (Å²) in [6.45, 7) is 1.53. The van der Waals surface area contributed by atoms with E-state index in [1.54, 1.807) is 0 Å². The van der Waals surface area contributed by atoms with E-state index in [1.807, 2.05) is 12.1 Å². The number of hydrogen-bond acceptors (Lipinski definition) is 4. The molecule has 5 rings (SSSR count). The first-order valence-corrected chi connectivity index (χ1v) is 8.92. The van der Waals surface area contributed by atoms with Crippen LogP contribution in [0, 0.1) is 11.8 Å². The number of benzene rings is 2. The third-order valence-corrected chi connectivity index (χ3v) is 6.08. The van der Waals surface area contributed by atoms with Crippen LogP contribution >= 0.6 is 0 Å². The molecule has 0 aliphatic carbocycles. The van der Waals surface area contributed by atoms with E-state index in [4.69, 9.17) is 9.47 Å². The van der Waals surface area contributed by atoms with Gasteiger partial charge in [0.15, 0.2) is 0 Å². The number of ether oxygens (including phenoxy) is 2. The van der Waals surface area contributed by atoms with Gasteiger partial charge in [0.2, 0.25) is 0 Å². The van der Waals surface area contributed by atoms with Gasteiger partial charge in [0.25, 0.3) is 0 Å². The Kier molecular flexibility index (Phi) is 3.35. The third-order valence-electron chi connectivity index (χ3n) is 6.08. The van der Waals surface area contributed by atoms with Crippen molar-refractivity contribution in [3.63, 3.8) is 0 Å². The van der Waals surface area contributed by atoms with Crippen LogP contribution in [0.4, 0.5) is 0 Å². The van der Waals surface area contributed by atoms with Gasteiger partial charge in [-0.3, -0.25) is 9.69 Å². The van der Waals surface area contributed by atoms with Crippen molar-refractivity contribution in [2.75, 3.05) is 20.3 Å². The van der Waals surface area contributed by atoms with E-state index in [0.717, 1.165) is 18.7 Å². The SMILES string of the molecule is COC(=O)[C@@H]1[C@H]2COc3ccccc3[C@H]2N2CCc3ccccc3[C@H]12. The molecule has 4 nitrogen and oxygen atoms in total. The van der Waals surface area contributed by atoms with Crippen LogP contribution in [0.2, 0.25) is 0 Å². The lowest BCUT2D eigenvalue weighted by molar-refractivity contribution is -0.148. The number of carbonyl (C=O) groups is 1. The second-order valence-electron chi connectivity index (χ2n) is 7.14. The average molecular weight is 335 g/mol. The summed E-state index contributed by atoms with van der Waals surface area (Å²) >= 11 is 0. The smallest absolute Gasteiger partial charge is 0.311 e. The maximum absolute atomic E-state index is 12.7. The van der Waals surface area contributed by atoms with Gasteiger partial charge in [0.05, 0.1) is 19.6 Å². The van der Waals surface area contributed by atoms with Crippen molar-refractivity contribution in [2.24, 2.45) is 11.8 Å². The predicted octanol–water partition coefficient (Wildman–Crippen LogP) is 3.14. The molecule has 1 saturated heterocycles. The Morgan fingerprint density at radius 2 is 1.84 bits per heavy atom. The highest BCUT2D eigenvalue weighted by Crippen LogP contribution is 2.57. The van der Waals surface area contributed by atoms with Crippen LogP contribution in [0.15, 0.2) is 48.5 Å². The molecule has 25 heavy (non-hydrogen) atoms. The zero-order valence-electron chi connectivity index (χ0n) is 14.2. The molecule has 2 aromatic rings. The van der Waals surface area contributed by atoms with Crippen LogP contribution in [0.5, 0.6) is 5.75 Å². The van der Waals surface area contributed by atoms with Gasteiger partial charge in [-0.25, -0.2) is 0 Å². The second kappa shape index (κ2) is 5.60. The number of carbonyl (C=O) groups excluding carboxylic acids is 1. The molecular formula is C21H21NO3. The minimum Gasteiger partial charge on any atom is -0.493 e. The molecule has 3 aliphatic heterocycles. The summed E-state index contributed by atoms with van der Waals surface area (Å²) in [5, 5.41) is 0. The van der Waals surface area contributed by atoms with Crippen molar-refractivity contribution in [1.29, 1.82) is 0 Å². The molecule has 4 heteroatoms.